The molecule has 0 fully saturated rings. The second kappa shape index (κ2) is 13.1. The molecule has 4 aromatic carbocycles. The monoisotopic (exact) mass is 581 g/mol. The zero-order chi connectivity index (χ0) is 27.6. The standard InChI is InChI=1S/C31H24BrN3O4/c1-21-8-7-11-23(18-21)31(38)39-28-16-15-25(32)19-24(28)20-33-35-30(37)26-12-5-6-13-27(26)34-29(36)17-14-22-9-3-2-4-10-22/h2-20H,1H3,(H,34,36)(H,35,37)/b17-14+,33-20-. The highest BCUT2D eigenvalue weighted by Gasteiger charge is 2.14. The van der Waals surface area contributed by atoms with Crippen LogP contribution < -0.4 is 15.5 Å². The summed E-state index contributed by atoms with van der Waals surface area (Å²) in [6.07, 6.45) is 4.46. The Bertz CT molecular complexity index is 1570. The number of hydrazone groups is 1. The molecule has 0 aliphatic rings. The Kier molecular flexibility index (Phi) is 9.16. The molecule has 0 saturated heterocycles. The first-order chi connectivity index (χ1) is 18.9. The third-order valence-electron chi connectivity index (χ3n) is 5.45. The van der Waals surface area contributed by atoms with Gasteiger partial charge in [-0.2, -0.15) is 5.10 Å². The Morgan fingerprint density at radius 1 is 0.872 bits per heavy atom. The van der Waals surface area contributed by atoms with Crippen LogP contribution in [0.1, 0.15) is 37.4 Å². The van der Waals surface area contributed by atoms with Crippen LogP contribution in [0.2, 0.25) is 0 Å². The van der Waals surface area contributed by atoms with Crippen LogP contribution in [0.5, 0.6) is 5.75 Å². The minimum atomic E-state index is -0.525. The molecule has 0 aliphatic heterocycles. The lowest BCUT2D eigenvalue weighted by Crippen LogP contribution is -2.20. The fourth-order valence-electron chi connectivity index (χ4n) is 3.57. The summed E-state index contributed by atoms with van der Waals surface area (Å²) in [7, 11) is 0. The summed E-state index contributed by atoms with van der Waals surface area (Å²) in [5.74, 6) is -1.13. The quantitative estimate of drug-likeness (QED) is 0.0827. The largest absolute Gasteiger partial charge is 0.422 e. The molecule has 8 heteroatoms. The van der Waals surface area contributed by atoms with E-state index in [9.17, 15) is 14.4 Å². The summed E-state index contributed by atoms with van der Waals surface area (Å²) in [6, 6.07) is 28.2. The van der Waals surface area contributed by atoms with Crippen LogP contribution >= 0.6 is 15.9 Å². The van der Waals surface area contributed by atoms with Gasteiger partial charge >= 0.3 is 5.97 Å². The number of carbonyl (C=O) groups is 3. The van der Waals surface area contributed by atoms with Gasteiger partial charge in [-0.1, -0.05) is 76.1 Å². The van der Waals surface area contributed by atoms with Gasteiger partial charge in [0.25, 0.3) is 5.91 Å². The molecule has 0 heterocycles. The second-order valence-electron chi connectivity index (χ2n) is 8.42. The number of nitrogens with one attached hydrogen (secondary N) is 2. The van der Waals surface area contributed by atoms with Gasteiger partial charge in [0.1, 0.15) is 5.75 Å². The Hall–Kier alpha value is -4.82. The topological polar surface area (TPSA) is 96.9 Å². The van der Waals surface area contributed by atoms with Gasteiger partial charge in [0, 0.05) is 16.1 Å². The summed E-state index contributed by atoms with van der Waals surface area (Å²) in [6.45, 7) is 1.89. The van der Waals surface area contributed by atoms with Gasteiger partial charge in [-0.3, -0.25) is 9.59 Å². The molecule has 4 rings (SSSR count). The molecule has 0 bridgehead atoms. The Morgan fingerprint density at radius 2 is 1.64 bits per heavy atom. The number of ether oxygens (including phenoxy) is 1. The Labute approximate surface area is 234 Å². The lowest BCUT2D eigenvalue weighted by molar-refractivity contribution is -0.111. The lowest BCUT2D eigenvalue weighted by atomic mass is 10.1. The van der Waals surface area contributed by atoms with Crippen LogP contribution in [0.25, 0.3) is 6.08 Å². The number of nitrogens with zero attached hydrogens (tertiary/aromatic N) is 1. The van der Waals surface area contributed by atoms with E-state index in [1.165, 1.54) is 12.3 Å². The van der Waals surface area contributed by atoms with Gasteiger partial charge in [0.05, 0.1) is 23.0 Å². The smallest absolute Gasteiger partial charge is 0.343 e. The van der Waals surface area contributed by atoms with Crippen molar-refractivity contribution in [1.29, 1.82) is 0 Å². The summed E-state index contributed by atoms with van der Waals surface area (Å²) in [5, 5.41) is 6.77. The molecule has 0 atom stereocenters. The molecule has 7 nitrogen and oxygen atoms in total. The molecule has 194 valence electrons. The van der Waals surface area contributed by atoms with Crippen LogP contribution in [0, 0.1) is 6.92 Å². The van der Waals surface area contributed by atoms with Crippen molar-refractivity contribution in [2.75, 3.05) is 5.32 Å². The van der Waals surface area contributed by atoms with Crippen molar-refractivity contribution < 1.29 is 19.1 Å². The number of anilines is 1. The van der Waals surface area contributed by atoms with E-state index in [0.717, 1.165) is 15.6 Å². The SMILES string of the molecule is Cc1cccc(C(=O)Oc2ccc(Br)cc2/C=N\NC(=O)c2ccccc2NC(=O)/C=C/c2ccccc2)c1. The highest BCUT2D eigenvalue weighted by atomic mass is 79.9. The lowest BCUT2D eigenvalue weighted by Gasteiger charge is -2.09. The average Bonchev–Trinajstić information content (AvgIpc) is 2.94. The third kappa shape index (κ3) is 7.83. The maximum absolute atomic E-state index is 12.9. The Morgan fingerprint density at radius 3 is 2.44 bits per heavy atom. The van der Waals surface area contributed by atoms with Gasteiger partial charge in [0.2, 0.25) is 5.91 Å². The highest BCUT2D eigenvalue weighted by molar-refractivity contribution is 9.10. The van der Waals surface area contributed by atoms with E-state index in [2.05, 4.69) is 31.8 Å². The van der Waals surface area contributed by atoms with Crippen molar-refractivity contribution in [3.05, 3.63) is 135 Å². The molecule has 0 radical (unpaired) electrons. The summed E-state index contributed by atoms with van der Waals surface area (Å²) in [5.41, 5.74) is 5.74. The Balaban J connectivity index is 1.44. The van der Waals surface area contributed by atoms with Crippen molar-refractivity contribution in [1.82, 2.24) is 5.43 Å². The van der Waals surface area contributed by atoms with E-state index in [1.807, 2.05) is 43.3 Å². The number of esters is 1. The van der Waals surface area contributed by atoms with Gasteiger partial charge in [-0.25, -0.2) is 10.2 Å². The number of aryl methyl sites for hydroxylation is 1. The number of hydrogen-bond acceptors (Lipinski definition) is 5. The molecular weight excluding hydrogens is 558 g/mol. The molecule has 0 unspecified atom stereocenters. The summed E-state index contributed by atoms with van der Waals surface area (Å²) in [4.78, 5) is 37.9. The first kappa shape index (κ1) is 27.2. The van der Waals surface area contributed by atoms with E-state index in [-0.39, 0.29) is 17.2 Å². The summed E-state index contributed by atoms with van der Waals surface area (Å²) >= 11 is 3.40. The fraction of sp³-hybridized carbons (Fsp3) is 0.0323. The fourth-order valence-corrected chi connectivity index (χ4v) is 3.94. The number of para-hydroxylation sites is 1. The van der Waals surface area contributed by atoms with E-state index in [1.54, 1.807) is 66.7 Å². The molecule has 2 N–H and O–H groups in total. The van der Waals surface area contributed by atoms with Crippen LogP contribution in [0.4, 0.5) is 5.69 Å². The molecule has 2 amide bonds. The van der Waals surface area contributed by atoms with Crippen LogP contribution in [-0.2, 0) is 4.79 Å². The number of amides is 2. The normalized spacial score (nSPS) is 10.9. The molecule has 4 aromatic rings. The van der Waals surface area contributed by atoms with Gasteiger partial charge in [-0.15, -0.1) is 0 Å². The first-order valence-electron chi connectivity index (χ1n) is 11.9. The van der Waals surface area contributed by atoms with Crippen LogP contribution in [0.3, 0.4) is 0 Å². The van der Waals surface area contributed by atoms with E-state index < -0.39 is 11.9 Å². The van der Waals surface area contributed by atoms with E-state index >= 15 is 0 Å². The number of carbonyl (C=O) groups excluding carboxylic acids is 3. The minimum absolute atomic E-state index is 0.233. The molecule has 0 aliphatic carbocycles. The maximum atomic E-state index is 12.9. The number of halogens is 1. The first-order valence-corrected chi connectivity index (χ1v) is 12.7. The van der Waals surface area contributed by atoms with Gasteiger partial charge < -0.3 is 10.1 Å². The zero-order valence-electron chi connectivity index (χ0n) is 20.9. The molecule has 0 aromatic heterocycles. The molecule has 0 spiro atoms. The van der Waals surface area contributed by atoms with E-state index in [4.69, 9.17) is 4.74 Å². The molecular formula is C31H24BrN3O4. The number of rotatable bonds is 8. The van der Waals surface area contributed by atoms with Crippen LogP contribution in [0.15, 0.2) is 113 Å². The van der Waals surface area contributed by atoms with Crippen molar-refractivity contribution >= 4 is 51.7 Å². The average molecular weight is 582 g/mol. The third-order valence-corrected chi connectivity index (χ3v) is 5.95. The van der Waals surface area contributed by atoms with Crippen molar-refractivity contribution in [2.24, 2.45) is 5.10 Å². The molecule has 39 heavy (non-hydrogen) atoms. The predicted molar refractivity (Wildman–Crippen MR) is 156 cm³/mol. The van der Waals surface area contributed by atoms with Crippen molar-refractivity contribution in [3.8, 4) is 5.75 Å². The van der Waals surface area contributed by atoms with Gasteiger partial charge in [-0.05, 0) is 61.0 Å². The minimum Gasteiger partial charge on any atom is -0.422 e. The summed E-state index contributed by atoms with van der Waals surface area (Å²) < 4.78 is 6.32. The molecule has 0 saturated carbocycles. The van der Waals surface area contributed by atoms with E-state index in [0.29, 0.717) is 16.8 Å². The maximum Gasteiger partial charge on any atom is 0.343 e. The van der Waals surface area contributed by atoms with Gasteiger partial charge in [0.15, 0.2) is 0 Å². The second-order valence-corrected chi connectivity index (χ2v) is 9.33. The predicted octanol–water partition coefficient (Wildman–Crippen LogP) is 6.39. The van der Waals surface area contributed by atoms with Crippen LogP contribution in [-0.4, -0.2) is 24.0 Å². The van der Waals surface area contributed by atoms with Crippen molar-refractivity contribution in [3.63, 3.8) is 0 Å². The number of benzene rings is 4. The highest BCUT2D eigenvalue weighted by Crippen LogP contribution is 2.23. The van der Waals surface area contributed by atoms with Crippen molar-refractivity contribution in [2.45, 2.75) is 6.92 Å². The number of hydrogen-bond donors (Lipinski definition) is 2. The zero-order valence-corrected chi connectivity index (χ0v) is 22.5.